The fourth-order valence-electron chi connectivity index (χ4n) is 4.18. The molecule has 0 bridgehead atoms. The molecule has 0 amide bonds. The fraction of sp³-hybridized carbons (Fsp3) is 0.833. The predicted molar refractivity (Wildman–Crippen MR) is 96.9 cm³/mol. The fourth-order valence-corrected chi connectivity index (χ4v) is 4.18. The Bertz CT molecular complexity index is 504. The zero-order valence-corrected chi connectivity index (χ0v) is 15.1. The van der Waals surface area contributed by atoms with Crippen LogP contribution in [0.25, 0.3) is 0 Å². The number of hydrogen-bond acceptors (Lipinski definition) is 3. The first-order chi connectivity index (χ1) is 11.8. The van der Waals surface area contributed by atoms with E-state index in [0.29, 0.717) is 5.41 Å². The minimum Gasteiger partial charge on any atom is -0.357 e. The van der Waals surface area contributed by atoms with Crippen LogP contribution in [-0.4, -0.2) is 51.8 Å². The van der Waals surface area contributed by atoms with Crippen molar-refractivity contribution in [2.75, 3.05) is 26.2 Å². The lowest BCUT2D eigenvalue weighted by Gasteiger charge is -2.33. The van der Waals surface area contributed by atoms with Crippen LogP contribution in [0.5, 0.6) is 0 Å². The van der Waals surface area contributed by atoms with Gasteiger partial charge in [0.25, 0.3) is 0 Å². The molecule has 1 N–H and O–H groups in total. The van der Waals surface area contributed by atoms with E-state index in [0.717, 1.165) is 38.4 Å². The number of unbranched alkanes of at least 4 members (excludes halogenated alkanes) is 1. The van der Waals surface area contributed by atoms with E-state index in [9.17, 15) is 0 Å². The zero-order valence-electron chi connectivity index (χ0n) is 15.1. The number of hydrogen-bond donors (Lipinski definition) is 1. The van der Waals surface area contributed by atoms with Gasteiger partial charge in [0.1, 0.15) is 12.7 Å². The van der Waals surface area contributed by atoms with Gasteiger partial charge in [-0.1, -0.05) is 19.3 Å². The van der Waals surface area contributed by atoms with Gasteiger partial charge in [-0.15, -0.1) is 10.2 Å². The van der Waals surface area contributed by atoms with Gasteiger partial charge in [-0.25, -0.2) is 0 Å². The number of aromatic nitrogens is 3. The van der Waals surface area contributed by atoms with Gasteiger partial charge in [0.15, 0.2) is 5.96 Å². The highest BCUT2D eigenvalue weighted by molar-refractivity contribution is 5.80. The van der Waals surface area contributed by atoms with Crippen LogP contribution in [-0.2, 0) is 6.54 Å². The summed E-state index contributed by atoms with van der Waals surface area (Å²) in [6.45, 7) is 7.36. The van der Waals surface area contributed by atoms with Gasteiger partial charge in [0.05, 0.1) is 0 Å². The maximum Gasteiger partial charge on any atom is 0.193 e. The largest absolute Gasteiger partial charge is 0.357 e. The van der Waals surface area contributed by atoms with Gasteiger partial charge in [-0.3, -0.25) is 4.99 Å². The van der Waals surface area contributed by atoms with Crippen molar-refractivity contribution in [2.24, 2.45) is 10.4 Å². The monoisotopic (exact) mass is 332 g/mol. The van der Waals surface area contributed by atoms with Crippen LogP contribution in [0.2, 0.25) is 0 Å². The second kappa shape index (κ2) is 8.49. The third-order valence-corrected chi connectivity index (χ3v) is 5.54. The van der Waals surface area contributed by atoms with Crippen molar-refractivity contribution in [1.29, 1.82) is 0 Å². The Hall–Kier alpha value is -1.59. The van der Waals surface area contributed by atoms with Gasteiger partial charge in [0, 0.05) is 32.7 Å². The molecular weight excluding hydrogens is 300 g/mol. The Kier molecular flexibility index (Phi) is 6.10. The first kappa shape index (κ1) is 17.2. The van der Waals surface area contributed by atoms with Crippen molar-refractivity contribution in [2.45, 2.75) is 64.8 Å². The maximum atomic E-state index is 4.88. The molecule has 1 saturated heterocycles. The van der Waals surface area contributed by atoms with E-state index >= 15 is 0 Å². The lowest BCUT2D eigenvalue weighted by molar-refractivity contribution is 0.203. The van der Waals surface area contributed by atoms with Crippen LogP contribution in [0, 0.1) is 5.41 Å². The van der Waals surface area contributed by atoms with Crippen LogP contribution < -0.4 is 5.32 Å². The van der Waals surface area contributed by atoms with Gasteiger partial charge in [-0.2, -0.15) is 0 Å². The molecule has 6 heteroatoms. The Morgan fingerprint density at radius 1 is 1.12 bits per heavy atom. The van der Waals surface area contributed by atoms with Crippen molar-refractivity contribution in [3.05, 3.63) is 12.7 Å². The van der Waals surface area contributed by atoms with Gasteiger partial charge >= 0.3 is 0 Å². The van der Waals surface area contributed by atoms with Crippen LogP contribution in [0.15, 0.2) is 17.6 Å². The summed E-state index contributed by atoms with van der Waals surface area (Å²) < 4.78 is 2.03. The summed E-state index contributed by atoms with van der Waals surface area (Å²) in [4.78, 5) is 7.39. The van der Waals surface area contributed by atoms with E-state index < -0.39 is 0 Å². The number of guanidine groups is 1. The molecular formula is C18H32N6. The first-order valence-corrected chi connectivity index (χ1v) is 9.67. The van der Waals surface area contributed by atoms with E-state index in [1.165, 1.54) is 51.6 Å². The van der Waals surface area contributed by atoms with E-state index in [2.05, 4.69) is 27.3 Å². The average Bonchev–Trinajstić information content (AvgIpc) is 3.25. The Morgan fingerprint density at radius 2 is 1.92 bits per heavy atom. The lowest BCUT2D eigenvalue weighted by atomic mass is 9.73. The number of nitrogens with one attached hydrogen (secondary N) is 1. The number of aryl methyl sites for hydroxylation is 1. The second-order valence-electron chi connectivity index (χ2n) is 7.37. The summed E-state index contributed by atoms with van der Waals surface area (Å²) in [5.41, 5.74) is 0.586. The molecule has 2 fully saturated rings. The number of likely N-dealkylation sites (tertiary alicyclic amines) is 1. The topological polar surface area (TPSA) is 58.3 Å². The SMILES string of the molecule is CCNC(=NCCCCn1cnnc1)N1CCC2(CCCCC2)C1. The number of aliphatic imine (C=N–C) groups is 1. The molecule has 24 heavy (non-hydrogen) atoms. The van der Waals surface area contributed by atoms with Crippen molar-refractivity contribution >= 4 is 5.96 Å². The van der Waals surface area contributed by atoms with Crippen LogP contribution in [0.3, 0.4) is 0 Å². The minimum atomic E-state index is 0.586. The lowest BCUT2D eigenvalue weighted by Crippen LogP contribution is -2.41. The molecule has 1 aliphatic heterocycles. The summed E-state index contributed by atoms with van der Waals surface area (Å²) in [6.07, 6.45) is 14.2. The Labute approximate surface area is 145 Å². The van der Waals surface area contributed by atoms with E-state index in [1.807, 2.05) is 4.57 Å². The van der Waals surface area contributed by atoms with Gasteiger partial charge < -0.3 is 14.8 Å². The molecule has 134 valence electrons. The minimum absolute atomic E-state index is 0.586. The number of rotatable bonds is 6. The van der Waals surface area contributed by atoms with Crippen molar-refractivity contribution in [3.8, 4) is 0 Å². The van der Waals surface area contributed by atoms with Crippen LogP contribution in [0.4, 0.5) is 0 Å². The van der Waals surface area contributed by atoms with E-state index in [-0.39, 0.29) is 0 Å². The summed E-state index contributed by atoms with van der Waals surface area (Å²) in [6, 6.07) is 0. The molecule has 1 aromatic rings. The Balaban J connectivity index is 1.46. The quantitative estimate of drug-likeness (QED) is 0.494. The average molecular weight is 332 g/mol. The first-order valence-electron chi connectivity index (χ1n) is 9.67. The molecule has 2 heterocycles. The van der Waals surface area contributed by atoms with E-state index in [4.69, 9.17) is 4.99 Å². The highest BCUT2D eigenvalue weighted by atomic mass is 15.3. The summed E-state index contributed by atoms with van der Waals surface area (Å²) in [5.74, 6) is 1.13. The molecule has 1 aliphatic carbocycles. The Morgan fingerprint density at radius 3 is 2.67 bits per heavy atom. The van der Waals surface area contributed by atoms with Crippen molar-refractivity contribution in [1.82, 2.24) is 25.0 Å². The molecule has 0 radical (unpaired) electrons. The predicted octanol–water partition coefficient (Wildman–Crippen LogP) is 2.68. The summed E-state index contributed by atoms with van der Waals surface area (Å²) in [5, 5.41) is 11.2. The van der Waals surface area contributed by atoms with Crippen molar-refractivity contribution < 1.29 is 0 Å². The van der Waals surface area contributed by atoms with Gasteiger partial charge in [0.2, 0.25) is 0 Å². The highest BCUT2D eigenvalue weighted by Gasteiger charge is 2.39. The van der Waals surface area contributed by atoms with Gasteiger partial charge in [-0.05, 0) is 44.4 Å². The third kappa shape index (κ3) is 4.48. The van der Waals surface area contributed by atoms with Crippen molar-refractivity contribution in [3.63, 3.8) is 0 Å². The molecule has 2 aliphatic rings. The normalized spacial score (nSPS) is 20.7. The molecule has 0 atom stereocenters. The summed E-state index contributed by atoms with van der Waals surface area (Å²) >= 11 is 0. The van der Waals surface area contributed by atoms with E-state index in [1.54, 1.807) is 12.7 Å². The molecule has 1 saturated carbocycles. The molecule has 0 unspecified atom stereocenters. The van der Waals surface area contributed by atoms with Crippen LogP contribution >= 0.6 is 0 Å². The van der Waals surface area contributed by atoms with Crippen LogP contribution in [0.1, 0.15) is 58.3 Å². The standard InChI is InChI=1S/C18H32N6/c1-2-19-17(20-11-6-7-12-23-15-21-22-16-23)24-13-10-18(14-24)8-4-3-5-9-18/h15-16H,2-14H2,1H3,(H,19,20). The maximum absolute atomic E-state index is 4.88. The molecule has 6 nitrogen and oxygen atoms in total. The zero-order chi connectivity index (χ0) is 16.7. The number of nitrogens with zero attached hydrogens (tertiary/aromatic N) is 5. The molecule has 1 spiro atoms. The summed E-state index contributed by atoms with van der Waals surface area (Å²) in [7, 11) is 0. The third-order valence-electron chi connectivity index (χ3n) is 5.54. The smallest absolute Gasteiger partial charge is 0.193 e. The molecule has 0 aromatic carbocycles. The highest BCUT2D eigenvalue weighted by Crippen LogP contribution is 2.43. The molecule has 3 rings (SSSR count). The molecule has 1 aromatic heterocycles. The second-order valence-corrected chi connectivity index (χ2v) is 7.37.